The fourth-order valence-corrected chi connectivity index (χ4v) is 5.43. The number of anilines is 2. The first-order chi connectivity index (χ1) is 22.1. The molecule has 0 saturated carbocycles. The minimum absolute atomic E-state index is 0.0116. The summed E-state index contributed by atoms with van der Waals surface area (Å²) >= 11 is 1.37. The summed E-state index contributed by atoms with van der Waals surface area (Å²) in [4.78, 5) is 40.5. The summed E-state index contributed by atoms with van der Waals surface area (Å²) in [6.07, 6.45) is 1.53. The van der Waals surface area contributed by atoms with E-state index >= 15 is 0 Å². The summed E-state index contributed by atoms with van der Waals surface area (Å²) in [5.74, 6) is 0.0359. The highest BCUT2D eigenvalue weighted by atomic mass is 32.2. The van der Waals surface area contributed by atoms with Gasteiger partial charge in [0.25, 0.3) is 11.8 Å². The Balaban J connectivity index is 1.57. The van der Waals surface area contributed by atoms with Crippen LogP contribution in [0.15, 0.2) is 95.5 Å². The number of rotatable bonds is 12. The average Bonchev–Trinajstić information content (AvgIpc) is 3.06. The molecule has 238 valence electrons. The highest BCUT2D eigenvalue weighted by Crippen LogP contribution is 2.38. The number of ether oxygens (including phenoxy) is 3. The SMILES string of the molecule is COc1cc(/C=C(/NC(=O)c2ccccc2)C(=O)Nc2cccc(SC(C)C(=O)Nc3cc(C)ccc3C)c2)cc(OC)c1OC. The van der Waals surface area contributed by atoms with Gasteiger partial charge in [-0.1, -0.05) is 36.4 Å². The van der Waals surface area contributed by atoms with Crippen LogP contribution in [0.4, 0.5) is 11.4 Å². The number of aryl methyl sites for hydroxylation is 2. The maximum atomic E-state index is 13.7. The maximum Gasteiger partial charge on any atom is 0.272 e. The number of carbonyl (C=O) groups is 3. The molecule has 4 rings (SSSR count). The lowest BCUT2D eigenvalue weighted by Crippen LogP contribution is -2.30. The standard InChI is InChI=1S/C36H37N3O6S/c1-22-15-16-23(2)29(17-22)38-34(40)24(3)46-28-14-10-13-27(21-28)37-36(42)30(39-35(41)26-11-8-7-9-12-26)18-25-19-31(43-4)33(45-6)32(20-25)44-5/h7-21,24H,1-6H3,(H,37,42)(H,38,40)(H,39,41)/b30-18+. The highest BCUT2D eigenvalue weighted by molar-refractivity contribution is 8.00. The average molecular weight is 640 g/mol. The molecule has 0 bridgehead atoms. The molecule has 0 aliphatic rings. The van der Waals surface area contributed by atoms with E-state index < -0.39 is 17.1 Å². The Bertz CT molecular complexity index is 1730. The monoisotopic (exact) mass is 639 g/mol. The van der Waals surface area contributed by atoms with Crippen LogP contribution in [0, 0.1) is 13.8 Å². The first kappa shape index (κ1) is 33.7. The second-order valence-electron chi connectivity index (χ2n) is 10.4. The zero-order valence-electron chi connectivity index (χ0n) is 26.6. The quantitative estimate of drug-likeness (QED) is 0.115. The predicted octanol–water partition coefficient (Wildman–Crippen LogP) is 6.86. The minimum Gasteiger partial charge on any atom is -0.493 e. The van der Waals surface area contributed by atoms with Crippen LogP contribution >= 0.6 is 11.8 Å². The number of hydrogen-bond acceptors (Lipinski definition) is 7. The lowest BCUT2D eigenvalue weighted by molar-refractivity contribution is -0.115. The molecule has 0 aromatic heterocycles. The number of benzene rings is 4. The highest BCUT2D eigenvalue weighted by Gasteiger charge is 2.19. The number of carbonyl (C=O) groups excluding carboxylic acids is 3. The maximum absolute atomic E-state index is 13.7. The molecule has 0 spiro atoms. The molecular formula is C36H37N3O6S. The van der Waals surface area contributed by atoms with Crippen LogP contribution in [0.5, 0.6) is 17.2 Å². The van der Waals surface area contributed by atoms with Crippen LogP contribution in [0.3, 0.4) is 0 Å². The Morgan fingerprint density at radius 2 is 1.48 bits per heavy atom. The van der Waals surface area contributed by atoms with E-state index in [1.54, 1.807) is 60.7 Å². The third kappa shape index (κ3) is 8.70. The topological polar surface area (TPSA) is 115 Å². The van der Waals surface area contributed by atoms with E-state index in [0.29, 0.717) is 34.1 Å². The summed E-state index contributed by atoms with van der Waals surface area (Å²) in [5.41, 5.74) is 4.21. The molecular weight excluding hydrogens is 602 g/mol. The Hall–Kier alpha value is -5.22. The van der Waals surface area contributed by atoms with Crippen molar-refractivity contribution in [1.82, 2.24) is 5.32 Å². The van der Waals surface area contributed by atoms with Crippen molar-refractivity contribution < 1.29 is 28.6 Å². The Morgan fingerprint density at radius 1 is 0.783 bits per heavy atom. The largest absolute Gasteiger partial charge is 0.493 e. The summed E-state index contributed by atoms with van der Waals surface area (Å²) in [6.45, 7) is 5.75. The zero-order chi connectivity index (χ0) is 33.2. The van der Waals surface area contributed by atoms with E-state index in [1.807, 2.05) is 45.0 Å². The molecule has 0 aliphatic heterocycles. The molecule has 3 amide bonds. The number of thioether (sulfide) groups is 1. The van der Waals surface area contributed by atoms with Gasteiger partial charge in [-0.3, -0.25) is 14.4 Å². The summed E-state index contributed by atoms with van der Waals surface area (Å²) in [6, 6.07) is 25.0. The normalized spacial score (nSPS) is 11.7. The van der Waals surface area contributed by atoms with Gasteiger partial charge in [0.2, 0.25) is 11.7 Å². The fourth-order valence-electron chi connectivity index (χ4n) is 4.50. The van der Waals surface area contributed by atoms with E-state index in [0.717, 1.165) is 21.7 Å². The number of hydrogen-bond donors (Lipinski definition) is 3. The summed E-state index contributed by atoms with van der Waals surface area (Å²) in [5, 5.41) is 8.21. The third-order valence-electron chi connectivity index (χ3n) is 6.95. The van der Waals surface area contributed by atoms with E-state index in [9.17, 15) is 14.4 Å². The van der Waals surface area contributed by atoms with E-state index in [-0.39, 0.29) is 11.6 Å². The van der Waals surface area contributed by atoms with Crippen molar-refractivity contribution in [3.8, 4) is 17.2 Å². The molecule has 1 unspecified atom stereocenters. The van der Waals surface area contributed by atoms with Gasteiger partial charge in [-0.2, -0.15) is 0 Å². The van der Waals surface area contributed by atoms with Gasteiger partial charge in [0.15, 0.2) is 11.5 Å². The van der Waals surface area contributed by atoms with Crippen molar-refractivity contribution in [3.63, 3.8) is 0 Å². The van der Waals surface area contributed by atoms with Gasteiger partial charge < -0.3 is 30.2 Å². The molecule has 4 aromatic rings. The van der Waals surface area contributed by atoms with Crippen molar-refractivity contribution in [1.29, 1.82) is 0 Å². The van der Waals surface area contributed by atoms with Crippen LogP contribution in [0.25, 0.3) is 6.08 Å². The second kappa shape index (κ2) is 15.7. The number of nitrogens with one attached hydrogen (secondary N) is 3. The number of amides is 3. The van der Waals surface area contributed by atoms with E-state index in [2.05, 4.69) is 16.0 Å². The Kier molecular flexibility index (Phi) is 11.5. The van der Waals surface area contributed by atoms with Crippen LogP contribution < -0.4 is 30.2 Å². The third-order valence-corrected chi connectivity index (χ3v) is 8.05. The lowest BCUT2D eigenvalue weighted by atomic mass is 10.1. The smallest absolute Gasteiger partial charge is 0.272 e. The van der Waals surface area contributed by atoms with Gasteiger partial charge in [0.05, 0.1) is 26.6 Å². The first-order valence-electron chi connectivity index (χ1n) is 14.5. The Morgan fingerprint density at radius 3 is 2.13 bits per heavy atom. The van der Waals surface area contributed by atoms with Crippen molar-refractivity contribution in [2.75, 3.05) is 32.0 Å². The van der Waals surface area contributed by atoms with Crippen molar-refractivity contribution in [2.45, 2.75) is 30.9 Å². The second-order valence-corrected chi connectivity index (χ2v) is 11.8. The van der Waals surface area contributed by atoms with Crippen LogP contribution in [-0.4, -0.2) is 44.3 Å². The van der Waals surface area contributed by atoms with Gasteiger partial charge in [-0.05, 0) is 92.1 Å². The molecule has 0 aliphatic carbocycles. The van der Waals surface area contributed by atoms with Crippen LogP contribution in [0.2, 0.25) is 0 Å². The molecule has 9 nitrogen and oxygen atoms in total. The molecule has 1 atom stereocenters. The van der Waals surface area contributed by atoms with Crippen LogP contribution in [0.1, 0.15) is 34.0 Å². The van der Waals surface area contributed by atoms with Gasteiger partial charge in [0, 0.05) is 21.8 Å². The van der Waals surface area contributed by atoms with Gasteiger partial charge >= 0.3 is 0 Å². The van der Waals surface area contributed by atoms with E-state index in [4.69, 9.17) is 14.2 Å². The summed E-state index contributed by atoms with van der Waals surface area (Å²) in [7, 11) is 4.49. The zero-order valence-corrected chi connectivity index (χ0v) is 27.4. The van der Waals surface area contributed by atoms with Crippen molar-refractivity contribution in [3.05, 3.63) is 113 Å². The van der Waals surface area contributed by atoms with Gasteiger partial charge in [-0.15, -0.1) is 11.8 Å². The molecule has 46 heavy (non-hydrogen) atoms. The molecule has 3 N–H and O–H groups in total. The summed E-state index contributed by atoms with van der Waals surface area (Å²) < 4.78 is 16.3. The van der Waals surface area contributed by atoms with E-state index in [1.165, 1.54) is 39.2 Å². The molecule has 10 heteroatoms. The molecule has 0 saturated heterocycles. The Labute approximate surface area is 273 Å². The molecule has 0 radical (unpaired) electrons. The first-order valence-corrected chi connectivity index (χ1v) is 15.3. The van der Waals surface area contributed by atoms with Crippen LogP contribution in [-0.2, 0) is 9.59 Å². The number of methoxy groups -OCH3 is 3. The molecule has 0 fully saturated rings. The predicted molar refractivity (Wildman–Crippen MR) is 183 cm³/mol. The molecule has 4 aromatic carbocycles. The van der Waals surface area contributed by atoms with Gasteiger partial charge in [-0.25, -0.2) is 0 Å². The minimum atomic E-state index is -0.555. The lowest BCUT2D eigenvalue weighted by Gasteiger charge is -2.16. The van der Waals surface area contributed by atoms with Crippen molar-refractivity contribution in [2.24, 2.45) is 0 Å². The fraction of sp³-hybridized carbons (Fsp3) is 0.194. The van der Waals surface area contributed by atoms with Gasteiger partial charge in [0.1, 0.15) is 5.70 Å². The molecule has 0 heterocycles. The van der Waals surface area contributed by atoms with Crippen molar-refractivity contribution >= 4 is 46.9 Å².